The molecule has 0 bridgehead atoms. The van der Waals surface area contributed by atoms with E-state index in [4.69, 9.17) is 14.2 Å². The molecule has 0 N–H and O–H groups in total. The standard InChI is InChI=1S/C58H101NO7/c1-6-8-10-12-14-16-18-20-22-24-26-28-30-32-34-36-38-40-42-44-46-48-56(60)65-53-54(52-64-51-50-55(58(62)63)59(3,4)5)66-57(61)49-47-45-43-41-39-37-35-33-31-29-27-25-23-21-19-17-15-13-11-9-7-2/h9,11,14-17,20,22,26,28,32,34,54-55H,6-8,10,12-13,18-19,21,23-25,27,29-31,33,35-53H2,1-5H3/b11-9+,16-14+,17-15+,22-20+,28-26+,34-32+. The van der Waals surface area contributed by atoms with Crippen LogP contribution < -0.4 is 5.11 Å². The highest BCUT2D eigenvalue weighted by molar-refractivity contribution is 5.70. The molecule has 0 saturated carbocycles. The van der Waals surface area contributed by atoms with Crippen molar-refractivity contribution in [3.63, 3.8) is 0 Å². The van der Waals surface area contributed by atoms with Gasteiger partial charge in [-0.3, -0.25) is 9.59 Å². The lowest BCUT2D eigenvalue weighted by Gasteiger charge is -2.34. The summed E-state index contributed by atoms with van der Waals surface area (Å²) >= 11 is 0. The smallest absolute Gasteiger partial charge is 0.306 e. The normalized spacial score (nSPS) is 13.4. The number of unbranched alkanes of at least 4 members (excludes halogenated alkanes) is 22. The van der Waals surface area contributed by atoms with E-state index in [1.54, 1.807) is 21.1 Å². The monoisotopic (exact) mass is 924 g/mol. The van der Waals surface area contributed by atoms with Crippen LogP contribution in [-0.2, 0) is 28.6 Å². The molecule has 0 aliphatic carbocycles. The van der Waals surface area contributed by atoms with Crippen LogP contribution in [0, 0.1) is 0 Å². The number of carbonyl (C=O) groups excluding carboxylic acids is 3. The quantitative estimate of drug-likeness (QED) is 0.0259. The molecule has 0 heterocycles. The molecule has 0 aromatic rings. The number of carboxylic acids is 1. The number of ether oxygens (including phenoxy) is 3. The van der Waals surface area contributed by atoms with E-state index in [-0.39, 0.29) is 42.7 Å². The van der Waals surface area contributed by atoms with Crippen molar-refractivity contribution in [3.05, 3.63) is 72.9 Å². The summed E-state index contributed by atoms with van der Waals surface area (Å²) in [5, 5.41) is 11.7. The Bertz CT molecular complexity index is 1310. The Morgan fingerprint density at radius 2 is 0.848 bits per heavy atom. The van der Waals surface area contributed by atoms with E-state index >= 15 is 0 Å². The lowest BCUT2D eigenvalue weighted by Crippen LogP contribution is -2.55. The highest BCUT2D eigenvalue weighted by Crippen LogP contribution is 2.15. The number of hydrogen-bond acceptors (Lipinski definition) is 7. The molecule has 8 heteroatoms. The van der Waals surface area contributed by atoms with E-state index in [9.17, 15) is 19.5 Å². The largest absolute Gasteiger partial charge is 0.544 e. The third-order valence-corrected chi connectivity index (χ3v) is 11.8. The molecule has 0 saturated heterocycles. The van der Waals surface area contributed by atoms with Crippen LogP contribution in [0.1, 0.15) is 226 Å². The van der Waals surface area contributed by atoms with E-state index < -0.39 is 18.1 Å². The second kappa shape index (κ2) is 48.2. The van der Waals surface area contributed by atoms with E-state index in [0.29, 0.717) is 12.8 Å². The second-order valence-electron chi connectivity index (χ2n) is 19.1. The number of carboxylic acid groups (broad SMARTS) is 1. The molecule has 0 aromatic carbocycles. The Hall–Kier alpha value is -3.23. The fraction of sp³-hybridized carbons (Fsp3) is 0.741. The van der Waals surface area contributed by atoms with Crippen molar-refractivity contribution in [2.24, 2.45) is 0 Å². The minimum absolute atomic E-state index is 0.0326. The van der Waals surface area contributed by atoms with Gasteiger partial charge in [0.25, 0.3) is 0 Å². The number of nitrogens with zero attached hydrogens (tertiary/aromatic N) is 1. The van der Waals surface area contributed by atoms with Gasteiger partial charge in [-0.15, -0.1) is 0 Å². The Morgan fingerprint density at radius 3 is 1.26 bits per heavy atom. The average molecular weight is 924 g/mol. The first-order chi connectivity index (χ1) is 32.1. The van der Waals surface area contributed by atoms with E-state index in [1.807, 2.05) is 0 Å². The highest BCUT2D eigenvalue weighted by atomic mass is 16.6. The molecule has 0 radical (unpaired) electrons. The summed E-state index contributed by atoms with van der Waals surface area (Å²) in [6.45, 7) is 4.53. The maximum absolute atomic E-state index is 12.8. The first kappa shape index (κ1) is 62.8. The van der Waals surface area contributed by atoms with Gasteiger partial charge in [0.15, 0.2) is 6.10 Å². The van der Waals surface area contributed by atoms with Crippen LogP contribution in [-0.4, -0.2) is 75.5 Å². The summed E-state index contributed by atoms with van der Waals surface area (Å²) < 4.78 is 17.3. The van der Waals surface area contributed by atoms with Crippen LogP contribution in [0.5, 0.6) is 0 Å². The van der Waals surface area contributed by atoms with Crippen molar-refractivity contribution in [1.29, 1.82) is 0 Å². The molecule has 66 heavy (non-hydrogen) atoms. The number of carbonyl (C=O) groups is 3. The number of rotatable bonds is 48. The number of hydrogen-bond donors (Lipinski definition) is 0. The molecule has 0 amide bonds. The van der Waals surface area contributed by atoms with Crippen molar-refractivity contribution in [2.45, 2.75) is 238 Å². The lowest BCUT2D eigenvalue weighted by atomic mass is 10.0. The van der Waals surface area contributed by atoms with Crippen molar-refractivity contribution >= 4 is 17.9 Å². The maximum Gasteiger partial charge on any atom is 0.306 e. The molecule has 2 atom stereocenters. The van der Waals surface area contributed by atoms with Crippen LogP contribution >= 0.6 is 0 Å². The zero-order valence-corrected chi connectivity index (χ0v) is 43.3. The number of esters is 2. The Balaban J connectivity index is 4.25. The van der Waals surface area contributed by atoms with Crippen molar-refractivity contribution < 1.29 is 38.2 Å². The molecular weight excluding hydrogens is 823 g/mol. The molecule has 0 aliphatic rings. The average Bonchev–Trinajstić information content (AvgIpc) is 3.28. The highest BCUT2D eigenvalue weighted by Gasteiger charge is 2.25. The fourth-order valence-electron chi connectivity index (χ4n) is 7.68. The third-order valence-electron chi connectivity index (χ3n) is 11.8. The minimum Gasteiger partial charge on any atom is -0.544 e. The SMILES string of the molecule is CC/C=C/C/C=C/CCCCCCCCCCCCCCCCC(=O)OC(COCCC(C(=O)[O-])[N+](C)(C)C)COC(=O)CCCCCCC/C=C/C/C=C/C/C=C/C/C=C/CCCCC. The van der Waals surface area contributed by atoms with Crippen molar-refractivity contribution in [1.82, 2.24) is 0 Å². The molecule has 0 fully saturated rings. The Morgan fingerprint density at radius 1 is 0.470 bits per heavy atom. The summed E-state index contributed by atoms with van der Waals surface area (Å²) in [5.41, 5.74) is 0. The van der Waals surface area contributed by atoms with Gasteiger partial charge < -0.3 is 28.6 Å². The predicted octanol–water partition coefficient (Wildman–Crippen LogP) is 14.5. The van der Waals surface area contributed by atoms with Gasteiger partial charge in [0, 0.05) is 19.3 Å². The van der Waals surface area contributed by atoms with Crippen LogP contribution in [0.2, 0.25) is 0 Å². The molecular formula is C58H101NO7. The number of aliphatic carboxylic acids is 1. The summed E-state index contributed by atoms with van der Waals surface area (Å²) in [4.78, 5) is 37.1. The van der Waals surface area contributed by atoms with Gasteiger partial charge in [-0.2, -0.15) is 0 Å². The summed E-state index contributed by atoms with van der Waals surface area (Å²) in [6, 6.07) is -0.732. The van der Waals surface area contributed by atoms with Gasteiger partial charge in [-0.1, -0.05) is 196 Å². The van der Waals surface area contributed by atoms with Gasteiger partial charge in [-0.25, -0.2) is 0 Å². The number of likely N-dealkylation sites (N-methyl/N-ethyl adjacent to an activating group) is 1. The first-order valence-corrected chi connectivity index (χ1v) is 27.0. The predicted molar refractivity (Wildman–Crippen MR) is 277 cm³/mol. The first-order valence-electron chi connectivity index (χ1n) is 27.0. The Labute approximate surface area is 406 Å². The molecule has 8 nitrogen and oxygen atoms in total. The lowest BCUT2D eigenvalue weighted by molar-refractivity contribution is -0.889. The van der Waals surface area contributed by atoms with Crippen molar-refractivity contribution in [2.75, 3.05) is 41.0 Å². The van der Waals surface area contributed by atoms with E-state index in [2.05, 4.69) is 86.8 Å². The maximum atomic E-state index is 12.8. The van der Waals surface area contributed by atoms with E-state index in [1.165, 1.54) is 103 Å². The summed E-state index contributed by atoms with van der Waals surface area (Å²) in [6.07, 6.45) is 62.2. The van der Waals surface area contributed by atoms with Crippen molar-refractivity contribution in [3.8, 4) is 0 Å². The van der Waals surface area contributed by atoms with Gasteiger partial charge in [0.1, 0.15) is 12.6 Å². The summed E-state index contributed by atoms with van der Waals surface area (Å²) in [7, 11) is 5.41. The molecule has 2 unspecified atom stereocenters. The summed E-state index contributed by atoms with van der Waals surface area (Å²) in [5.74, 6) is -1.76. The fourth-order valence-corrected chi connectivity index (χ4v) is 7.68. The van der Waals surface area contributed by atoms with Gasteiger partial charge >= 0.3 is 11.9 Å². The number of quaternary nitrogens is 1. The van der Waals surface area contributed by atoms with Gasteiger partial charge in [0.05, 0.1) is 40.3 Å². The minimum atomic E-state index is -1.13. The third kappa shape index (κ3) is 45.9. The zero-order valence-electron chi connectivity index (χ0n) is 43.3. The molecule has 0 spiro atoms. The van der Waals surface area contributed by atoms with Crippen LogP contribution in [0.4, 0.5) is 0 Å². The molecule has 0 aliphatic heterocycles. The Kier molecular flexibility index (Phi) is 45.9. The van der Waals surface area contributed by atoms with Crippen LogP contribution in [0.3, 0.4) is 0 Å². The molecule has 0 rings (SSSR count). The molecule has 380 valence electrons. The van der Waals surface area contributed by atoms with Gasteiger partial charge in [0.2, 0.25) is 0 Å². The van der Waals surface area contributed by atoms with Gasteiger partial charge in [-0.05, 0) is 83.5 Å². The van der Waals surface area contributed by atoms with Crippen LogP contribution in [0.25, 0.3) is 0 Å². The van der Waals surface area contributed by atoms with Crippen LogP contribution in [0.15, 0.2) is 72.9 Å². The van der Waals surface area contributed by atoms with E-state index in [0.717, 1.165) is 89.9 Å². The zero-order chi connectivity index (χ0) is 48.4. The topological polar surface area (TPSA) is 102 Å². The second-order valence-corrected chi connectivity index (χ2v) is 19.1. The number of allylic oxidation sites excluding steroid dienone is 12. The molecule has 0 aromatic heterocycles.